The lowest BCUT2D eigenvalue weighted by molar-refractivity contribution is 0.342. The molecule has 0 amide bonds. The molecule has 21 heavy (non-hydrogen) atoms. The van der Waals surface area contributed by atoms with E-state index in [9.17, 15) is 5.26 Å². The topological polar surface area (TPSA) is 39.1 Å². The van der Waals surface area contributed by atoms with Crippen LogP contribution in [-0.2, 0) is 6.54 Å². The average Bonchev–Trinajstić information content (AvgIpc) is 2.45. The smallest absolute Gasteiger partial charge is 0.0995 e. The van der Waals surface area contributed by atoms with E-state index in [0.717, 1.165) is 49.4 Å². The van der Waals surface area contributed by atoms with Crippen molar-refractivity contribution in [2.24, 2.45) is 0 Å². The Morgan fingerprint density at radius 2 is 1.95 bits per heavy atom. The summed E-state index contributed by atoms with van der Waals surface area (Å²) < 4.78 is 0. The third-order valence-electron chi connectivity index (χ3n) is 3.75. The Morgan fingerprint density at radius 1 is 1.29 bits per heavy atom. The first kappa shape index (κ1) is 17.3. The molecule has 0 heterocycles. The van der Waals surface area contributed by atoms with E-state index in [0.29, 0.717) is 0 Å². The number of hydrogen-bond acceptors (Lipinski definition) is 3. The summed E-state index contributed by atoms with van der Waals surface area (Å²) in [6.07, 6.45) is 1.13. The third kappa shape index (κ3) is 5.24. The number of allylic oxidation sites excluding steroid dienone is 1. The summed E-state index contributed by atoms with van der Waals surface area (Å²) >= 11 is 0. The van der Waals surface area contributed by atoms with E-state index in [2.05, 4.69) is 42.8 Å². The third-order valence-corrected chi connectivity index (χ3v) is 3.75. The van der Waals surface area contributed by atoms with Crippen LogP contribution >= 0.6 is 0 Å². The van der Waals surface area contributed by atoms with E-state index in [1.165, 1.54) is 11.1 Å². The van der Waals surface area contributed by atoms with Gasteiger partial charge in [-0.1, -0.05) is 19.6 Å². The number of rotatable bonds is 8. The number of nitrogens with zero attached hydrogens (tertiary/aromatic N) is 2. The highest BCUT2D eigenvalue weighted by Crippen LogP contribution is 2.15. The summed E-state index contributed by atoms with van der Waals surface area (Å²) in [5, 5.41) is 12.7. The monoisotopic (exact) mass is 285 g/mol. The second kappa shape index (κ2) is 8.49. The van der Waals surface area contributed by atoms with Gasteiger partial charge in [0, 0.05) is 31.9 Å². The Morgan fingerprint density at radius 3 is 2.52 bits per heavy atom. The largest absolute Gasteiger partial charge is 0.374 e. The quantitative estimate of drug-likeness (QED) is 0.743. The van der Waals surface area contributed by atoms with Crippen LogP contribution in [0.1, 0.15) is 42.5 Å². The molecular weight excluding hydrogens is 258 g/mol. The summed E-state index contributed by atoms with van der Waals surface area (Å²) in [5.41, 5.74) is 5.38. The Kier molecular flexibility index (Phi) is 6.98. The normalized spacial score (nSPS) is 10.2. The first-order valence-corrected chi connectivity index (χ1v) is 7.61. The average molecular weight is 285 g/mol. The predicted molar refractivity (Wildman–Crippen MR) is 89.0 cm³/mol. The fraction of sp³-hybridized carbons (Fsp3) is 0.500. The number of nitrogens with one attached hydrogen (secondary N) is 1. The second-order valence-corrected chi connectivity index (χ2v) is 5.60. The van der Waals surface area contributed by atoms with Gasteiger partial charge in [0.2, 0.25) is 0 Å². The van der Waals surface area contributed by atoms with Crippen LogP contribution < -0.4 is 5.32 Å². The van der Waals surface area contributed by atoms with E-state index in [1.807, 2.05) is 19.9 Å². The molecular formula is C18H27N3. The first-order valence-electron chi connectivity index (χ1n) is 7.61. The maximum Gasteiger partial charge on any atom is 0.0995 e. The van der Waals surface area contributed by atoms with Gasteiger partial charge in [-0.15, -0.1) is 0 Å². The van der Waals surface area contributed by atoms with Crippen molar-refractivity contribution in [3.63, 3.8) is 0 Å². The molecule has 0 bridgehead atoms. The van der Waals surface area contributed by atoms with Crippen molar-refractivity contribution >= 4 is 0 Å². The van der Waals surface area contributed by atoms with Crippen LogP contribution in [0.4, 0.5) is 0 Å². The fourth-order valence-electron chi connectivity index (χ4n) is 2.33. The molecule has 0 unspecified atom stereocenters. The molecule has 0 saturated heterocycles. The highest BCUT2D eigenvalue weighted by molar-refractivity contribution is 5.43. The van der Waals surface area contributed by atoms with Crippen LogP contribution in [0.5, 0.6) is 0 Å². The van der Waals surface area contributed by atoms with Crippen LogP contribution in [0.3, 0.4) is 0 Å². The molecule has 0 spiro atoms. The minimum absolute atomic E-state index is 0.736. The molecule has 3 heteroatoms. The van der Waals surface area contributed by atoms with E-state index in [-0.39, 0.29) is 0 Å². The van der Waals surface area contributed by atoms with Gasteiger partial charge in [-0.25, -0.2) is 0 Å². The van der Waals surface area contributed by atoms with Crippen LogP contribution in [-0.4, -0.2) is 24.5 Å². The zero-order valence-electron chi connectivity index (χ0n) is 13.8. The van der Waals surface area contributed by atoms with Gasteiger partial charge in [0.1, 0.15) is 0 Å². The summed E-state index contributed by atoms with van der Waals surface area (Å²) in [6, 6.07) is 6.38. The zero-order valence-corrected chi connectivity index (χ0v) is 13.8. The summed E-state index contributed by atoms with van der Waals surface area (Å²) in [6.45, 7) is 16.0. The SMILES string of the molecule is C=C(C)N(CCC)CCNCc1cc(C)c(C)cc1C#N. The molecule has 114 valence electrons. The minimum Gasteiger partial charge on any atom is -0.374 e. The predicted octanol–water partition coefficient (Wildman–Crippen LogP) is 3.51. The number of benzene rings is 1. The van der Waals surface area contributed by atoms with E-state index >= 15 is 0 Å². The summed E-state index contributed by atoms with van der Waals surface area (Å²) in [5.74, 6) is 0. The lowest BCUT2D eigenvalue weighted by atomic mass is 10.0. The van der Waals surface area contributed by atoms with Gasteiger partial charge in [0.15, 0.2) is 0 Å². The lowest BCUT2D eigenvalue weighted by Crippen LogP contribution is -2.31. The molecule has 0 atom stereocenters. The number of hydrogen-bond donors (Lipinski definition) is 1. The van der Waals surface area contributed by atoms with E-state index < -0.39 is 0 Å². The molecule has 0 radical (unpaired) electrons. The highest BCUT2D eigenvalue weighted by atomic mass is 15.1. The first-order chi connectivity index (χ1) is 9.99. The number of nitriles is 1. The van der Waals surface area contributed by atoms with E-state index in [1.54, 1.807) is 0 Å². The number of aryl methyl sites for hydroxylation is 2. The van der Waals surface area contributed by atoms with E-state index in [4.69, 9.17) is 0 Å². The molecule has 0 saturated carbocycles. The van der Waals surface area contributed by atoms with Gasteiger partial charge in [0.05, 0.1) is 11.6 Å². The molecule has 0 aliphatic carbocycles. The molecule has 0 aliphatic rings. The molecule has 1 N–H and O–H groups in total. The molecule has 0 aliphatic heterocycles. The van der Waals surface area contributed by atoms with Crippen molar-refractivity contribution in [3.8, 4) is 6.07 Å². The second-order valence-electron chi connectivity index (χ2n) is 5.60. The highest BCUT2D eigenvalue weighted by Gasteiger charge is 2.06. The van der Waals surface area contributed by atoms with Crippen molar-refractivity contribution in [2.75, 3.05) is 19.6 Å². The van der Waals surface area contributed by atoms with Crippen LogP contribution in [0.2, 0.25) is 0 Å². The Hall–Kier alpha value is -1.79. The van der Waals surface area contributed by atoms with Crippen LogP contribution in [0, 0.1) is 25.2 Å². The van der Waals surface area contributed by atoms with Crippen molar-refractivity contribution in [3.05, 3.63) is 46.7 Å². The minimum atomic E-state index is 0.736. The Balaban J connectivity index is 2.55. The van der Waals surface area contributed by atoms with Gasteiger partial charge in [-0.2, -0.15) is 5.26 Å². The van der Waals surface area contributed by atoms with Crippen molar-refractivity contribution in [2.45, 2.75) is 40.7 Å². The maximum absolute atomic E-state index is 9.22. The van der Waals surface area contributed by atoms with Crippen LogP contribution in [0.25, 0.3) is 0 Å². The molecule has 0 fully saturated rings. The van der Waals surface area contributed by atoms with Crippen LogP contribution in [0.15, 0.2) is 24.4 Å². The summed E-state index contributed by atoms with van der Waals surface area (Å²) in [4.78, 5) is 2.29. The molecule has 1 aromatic carbocycles. The summed E-state index contributed by atoms with van der Waals surface area (Å²) in [7, 11) is 0. The van der Waals surface area contributed by atoms with Gasteiger partial charge < -0.3 is 10.2 Å². The molecule has 1 aromatic rings. The molecule has 0 aromatic heterocycles. The van der Waals surface area contributed by atoms with Gasteiger partial charge in [-0.05, 0) is 49.9 Å². The van der Waals surface area contributed by atoms with Gasteiger partial charge >= 0.3 is 0 Å². The van der Waals surface area contributed by atoms with Crippen molar-refractivity contribution in [1.29, 1.82) is 5.26 Å². The Bertz CT molecular complexity index is 526. The Labute approximate surface area is 129 Å². The van der Waals surface area contributed by atoms with Gasteiger partial charge in [-0.3, -0.25) is 0 Å². The lowest BCUT2D eigenvalue weighted by Gasteiger charge is -2.24. The van der Waals surface area contributed by atoms with Crippen molar-refractivity contribution in [1.82, 2.24) is 10.2 Å². The fourth-order valence-corrected chi connectivity index (χ4v) is 2.33. The van der Waals surface area contributed by atoms with Gasteiger partial charge in [0.25, 0.3) is 0 Å². The molecule has 3 nitrogen and oxygen atoms in total. The zero-order chi connectivity index (χ0) is 15.8. The standard InChI is InChI=1S/C18H27N3/c1-6-8-21(14(2)3)9-7-20-13-18-11-16(5)15(4)10-17(18)12-19/h10-11,20H,2,6-9,13H2,1,3-5H3. The molecule has 1 rings (SSSR count). The maximum atomic E-state index is 9.22. The van der Waals surface area contributed by atoms with Crippen molar-refractivity contribution < 1.29 is 0 Å².